The van der Waals surface area contributed by atoms with E-state index in [0.29, 0.717) is 41.2 Å². The molecule has 8 heteroatoms. The van der Waals surface area contributed by atoms with Gasteiger partial charge in [0.25, 0.3) is 0 Å². The average molecular weight is 640 g/mol. The van der Waals surface area contributed by atoms with Crippen LogP contribution in [0, 0.1) is 52.3 Å². The highest BCUT2D eigenvalue weighted by atomic mass is 16.5. The van der Waals surface area contributed by atoms with Crippen LogP contribution >= 0.6 is 0 Å². The van der Waals surface area contributed by atoms with E-state index in [-0.39, 0.29) is 30.0 Å². The van der Waals surface area contributed by atoms with Gasteiger partial charge in [0.05, 0.1) is 6.10 Å². The molecule has 2 amide bonds. The fraction of sp³-hybridized carbons (Fsp3) is 0.947. The van der Waals surface area contributed by atoms with Crippen molar-refractivity contribution in [3.05, 3.63) is 0 Å². The number of nitrogens with one attached hydrogen (secondary N) is 3. The number of hydrogen-bond acceptors (Lipinski definition) is 6. The number of piperidine rings is 1. The molecule has 7 aliphatic rings. The highest BCUT2D eigenvalue weighted by Gasteiger charge is 2.68. The number of hydrogen-bond donors (Lipinski definition) is 3. The van der Waals surface area contributed by atoms with Crippen LogP contribution in [0.5, 0.6) is 0 Å². The Labute approximate surface area is 279 Å². The van der Waals surface area contributed by atoms with Crippen LogP contribution in [0.1, 0.15) is 105 Å². The molecule has 12 atom stereocenters. The maximum absolute atomic E-state index is 12.9. The number of rotatable bonds is 7. The molecule has 3 N–H and O–H groups in total. The van der Waals surface area contributed by atoms with Crippen LogP contribution in [0.25, 0.3) is 0 Å². The van der Waals surface area contributed by atoms with Crippen molar-refractivity contribution in [1.82, 2.24) is 25.8 Å². The van der Waals surface area contributed by atoms with Gasteiger partial charge in [0, 0.05) is 51.2 Å². The third-order valence-electron chi connectivity index (χ3n) is 15.4. The minimum atomic E-state index is -0.137. The fourth-order valence-corrected chi connectivity index (χ4v) is 12.7. The van der Waals surface area contributed by atoms with E-state index >= 15 is 0 Å². The lowest BCUT2D eigenvalue weighted by atomic mass is 9.44. The molecule has 7 rings (SSSR count). The SMILES string of the molecule is C[C@@H]1CC[C@@]2(NC1)O[C@H]1C[C@H]3[C@@H]4CCC5CC(NC(=O)CC(=O)NCCCN6CCN(C)CC6)CC[C@]5(C)[C@H]4CC[C@]3(C)[C@H]1[C@@H]2C. The lowest BCUT2D eigenvalue weighted by Crippen LogP contribution is -2.58. The smallest absolute Gasteiger partial charge is 0.229 e. The summed E-state index contributed by atoms with van der Waals surface area (Å²) in [5.41, 5.74) is 0.697. The molecule has 8 nitrogen and oxygen atoms in total. The largest absolute Gasteiger partial charge is 0.357 e. The lowest BCUT2D eigenvalue weighted by molar-refractivity contribution is -0.137. The molecule has 260 valence electrons. The highest BCUT2D eigenvalue weighted by Crippen LogP contribution is 2.71. The van der Waals surface area contributed by atoms with Gasteiger partial charge < -0.3 is 25.2 Å². The predicted molar refractivity (Wildman–Crippen MR) is 182 cm³/mol. The second kappa shape index (κ2) is 12.9. The number of fused-ring (bicyclic) bond motifs is 7. The molecule has 4 aliphatic carbocycles. The van der Waals surface area contributed by atoms with E-state index in [2.05, 4.69) is 60.5 Å². The first kappa shape index (κ1) is 33.3. The Balaban J connectivity index is 0.886. The van der Waals surface area contributed by atoms with Gasteiger partial charge in [-0.3, -0.25) is 14.9 Å². The molecule has 7 fully saturated rings. The summed E-state index contributed by atoms with van der Waals surface area (Å²) < 4.78 is 7.09. The van der Waals surface area contributed by atoms with Gasteiger partial charge in [-0.15, -0.1) is 0 Å². The summed E-state index contributed by atoms with van der Waals surface area (Å²) in [7, 11) is 2.17. The molecule has 3 heterocycles. The molecule has 0 aromatic heterocycles. The number of ether oxygens (including phenoxy) is 1. The molecule has 0 aromatic carbocycles. The van der Waals surface area contributed by atoms with E-state index < -0.39 is 0 Å². The Morgan fingerprint density at radius 2 is 1.67 bits per heavy atom. The van der Waals surface area contributed by atoms with E-state index in [9.17, 15) is 9.59 Å². The van der Waals surface area contributed by atoms with Crippen molar-refractivity contribution in [2.45, 2.75) is 123 Å². The van der Waals surface area contributed by atoms with Crippen LogP contribution < -0.4 is 16.0 Å². The zero-order valence-electron chi connectivity index (χ0n) is 29.8. The number of carbonyl (C=O) groups is 2. The molecular weight excluding hydrogens is 574 g/mol. The van der Waals surface area contributed by atoms with Crippen molar-refractivity contribution in [3.8, 4) is 0 Å². The number of carbonyl (C=O) groups excluding carboxylic acids is 2. The average Bonchev–Trinajstić information content (AvgIpc) is 3.47. The van der Waals surface area contributed by atoms with Gasteiger partial charge in [-0.25, -0.2) is 0 Å². The Bertz CT molecular complexity index is 1120. The van der Waals surface area contributed by atoms with Crippen molar-refractivity contribution in [2.24, 2.45) is 52.3 Å². The van der Waals surface area contributed by atoms with Gasteiger partial charge in [-0.2, -0.15) is 0 Å². The lowest BCUT2D eigenvalue weighted by Gasteiger charge is -2.61. The summed E-state index contributed by atoms with van der Waals surface area (Å²) in [6.07, 6.45) is 13.7. The second-order valence-corrected chi connectivity index (χ2v) is 17.9. The molecule has 0 bridgehead atoms. The standard InChI is InChI=1S/C38H65N5O3/c1-25-9-14-38(40-24-25)26(2)35-32(46-38)22-31-29-8-7-27-21-28(10-12-36(27,3)30(29)11-13-37(31,35)4)41-34(45)23-33(44)39-15-6-16-43-19-17-42(5)18-20-43/h25-32,35,40H,6-24H2,1-5H3,(H,39,44)(H,41,45)/t25-,26+,27?,28?,29-,30+,31+,32+,35+,36+,37+,38-/m1/s1. The summed E-state index contributed by atoms with van der Waals surface area (Å²) in [4.78, 5) is 30.3. The zero-order chi connectivity index (χ0) is 32.3. The van der Waals surface area contributed by atoms with Crippen molar-refractivity contribution in [1.29, 1.82) is 0 Å². The topological polar surface area (TPSA) is 85.9 Å². The van der Waals surface area contributed by atoms with E-state index in [1.54, 1.807) is 0 Å². The Morgan fingerprint density at radius 3 is 2.43 bits per heavy atom. The maximum Gasteiger partial charge on any atom is 0.229 e. The van der Waals surface area contributed by atoms with Gasteiger partial charge in [0.1, 0.15) is 12.1 Å². The summed E-state index contributed by atoms with van der Waals surface area (Å²) in [6.45, 7) is 17.3. The second-order valence-electron chi connectivity index (χ2n) is 17.9. The van der Waals surface area contributed by atoms with Gasteiger partial charge >= 0.3 is 0 Å². The van der Waals surface area contributed by atoms with Crippen LogP contribution in [0.2, 0.25) is 0 Å². The normalized spacial score (nSPS) is 47.5. The first-order valence-corrected chi connectivity index (χ1v) is 19.4. The van der Waals surface area contributed by atoms with E-state index in [4.69, 9.17) is 4.74 Å². The third-order valence-corrected chi connectivity index (χ3v) is 15.4. The molecule has 0 aromatic rings. The maximum atomic E-state index is 12.9. The van der Waals surface area contributed by atoms with Gasteiger partial charge in [0.2, 0.25) is 11.8 Å². The van der Waals surface area contributed by atoms with Crippen LogP contribution in [-0.2, 0) is 14.3 Å². The molecule has 2 unspecified atom stereocenters. The number of piperazine rings is 1. The van der Waals surface area contributed by atoms with E-state index in [1.807, 2.05) is 0 Å². The molecule has 4 saturated carbocycles. The molecule has 3 aliphatic heterocycles. The Hall–Kier alpha value is -1.22. The van der Waals surface area contributed by atoms with Gasteiger partial charge in [-0.1, -0.05) is 27.7 Å². The molecule has 3 saturated heterocycles. The van der Waals surface area contributed by atoms with E-state index in [1.165, 1.54) is 51.4 Å². The molecule has 0 radical (unpaired) electrons. The number of amides is 2. The highest BCUT2D eigenvalue weighted by molar-refractivity contribution is 5.96. The van der Waals surface area contributed by atoms with Crippen molar-refractivity contribution in [3.63, 3.8) is 0 Å². The zero-order valence-corrected chi connectivity index (χ0v) is 29.8. The van der Waals surface area contributed by atoms with Crippen LogP contribution in [-0.4, -0.2) is 92.3 Å². The first-order chi connectivity index (χ1) is 22.0. The van der Waals surface area contributed by atoms with Gasteiger partial charge in [-0.05, 0) is 131 Å². The summed E-state index contributed by atoms with van der Waals surface area (Å²) >= 11 is 0. The molecule has 46 heavy (non-hydrogen) atoms. The quantitative estimate of drug-likeness (QED) is 0.278. The Morgan fingerprint density at radius 1 is 0.891 bits per heavy atom. The van der Waals surface area contributed by atoms with Crippen LogP contribution in [0.15, 0.2) is 0 Å². The number of likely N-dealkylation sites (N-methyl/N-ethyl adjacent to an activating group) is 1. The minimum absolute atomic E-state index is 0.0451. The van der Waals surface area contributed by atoms with Crippen LogP contribution in [0.4, 0.5) is 0 Å². The third kappa shape index (κ3) is 5.98. The van der Waals surface area contributed by atoms with Crippen molar-refractivity contribution in [2.75, 3.05) is 52.9 Å². The summed E-state index contributed by atoms with van der Waals surface area (Å²) in [5.74, 6) is 4.88. The molecule has 1 spiro atoms. The van der Waals surface area contributed by atoms with Crippen molar-refractivity contribution >= 4 is 11.8 Å². The monoisotopic (exact) mass is 640 g/mol. The molecular formula is C38H65N5O3. The predicted octanol–water partition coefficient (Wildman–Crippen LogP) is 4.63. The minimum Gasteiger partial charge on any atom is -0.357 e. The van der Waals surface area contributed by atoms with Crippen LogP contribution in [0.3, 0.4) is 0 Å². The van der Waals surface area contributed by atoms with Crippen molar-refractivity contribution < 1.29 is 14.3 Å². The van der Waals surface area contributed by atoms with Gasteiger partial charge in [0.15, 0.2) is 0 Å². The van der Waals surface area contributed by atoms with E-state index in [0.717, 1.165) is 82.2 Å². The number of nitrogens with zero attached hydrogens (tertiary/aromatic N) is 2. The Kier molecular flexibility index (Phi) is 9.34. The first-order valence-electron chi connectivity index (χ1n) is 19.4. The summed E-state index contributed by atoms with van der Waals surface area (Å²) in [5, 5.41) is 10.2. The summed E-state index contributed by atoms with van der Waals surface area (Å²) in [6, 6.07) is 0.211. The fourth-order valence-electron chi connectivity index (χ4n) is 12.7.